The number of pyridine rings is 1. The molecule has 3 heterocycles. The molecule has 0 radical (unpaired) electrons. The molecule has 5 N–H and O–H groups in total. The van der Waals surface area contributed by atoms with Gasteiger partial charge in [-0.15, -0.1) is 0 Å². The molecule has 0 saturated carbocycles. The molecule has 0 fully saturated rings. The fourth-order valence-corrected chi connectivity index (χ4v) is 4.37. The van der Waals surface area contributed by atoms with E-state index in [0.29, 0.717) is 19.6 Å². The first kappa shape index (κ1) is 17.3. The third kappa shape index (κ3) is 3.05. The second-order valence-electron chi connectivity index (χ2n) is 6.23. The highest BCUT2D eigenvalue weighted by atomic mass is 32.2. The van der Waals surface area contributed by atoms with E-state index in [9.17, 15) is 5.11 Å². The summed E-state index contributed by atoms with van der Waals surface area (Å²) >= 11 is 1.74. The predicted octanol–water partition coefficient (Wildman–Crippen LogP) is 1.86. The van der Waals surface area contributed by atoms with Gasteiger partial charge in [0.2, 0.25) is 0 Å². The summed E-state index contributed by atoms with van der Waals surface area (Å²) in [6.07, 6.45) is 3.19. The Hall–Kier alpha value is -2.13. The SMILES string of the molecule is CC(O)NCCNc1ccc2c3c(nn2CCN)-c2cnccc2Sc13. The first-order chi connectivity index (χ1) is 12.7. The molecule has 0 saturated heterocycles. The molecule has 0 amide bonds. The second kappa shape index (κ2) is 7.24. The molecule has 1 unspecified atom stereocenters. The van der Waals surface area contributed by atoms with Gasteiger partial charge in [-0.05, 0) is 25.1 Å². The van der Waals surface area contributed by atoms with Gasteiger partial charge in [-0.25, -0.2) is 0 Å². The maximum absolute atomic E-state index is 9.33. The van der Waals surface area contributed by atoms with Gasteiger partial charge >= 0.3 is 0 Å². The zero-order chi connectivity index (χ0) is 18.1. The number of aliphatic hydroxyl groups excluding tert-OH is 1. The number of nitrogens with two attached hydrogens (primary N) is 1. The molecule has 0 bridgehead atoms. The van der Waals surface area contributed by atoms with Gasteiger partial charge in [-0.2, -0.15) is 5.10 Å². The van der Waals surface area contributed by atoms with Crippen LogP contribution in [0.1, 0.15) is 6.92 Å². The Balaban J connectivity index is 1.76. The number of anilines is 1. The van der Waals surface area contributed by atoms with Crippen LogP contribution < -0.4 is 16.4 Å². The molecule has 0 aliphatic carbocycles. The van der Waals surface area contributed by atoms with Crippen LogP contribution in [0.2, 0.25) is 0 Å². The lowest BCUT2D eigenvalue weighted by atomic mass is 10.1. The minimum absolute atomic E-state index is 0.507. The van der Waals surface area contributed by atoms with Gasteiger partial charge in [0, 0.05) is 58.5 Å². The average Bonchev–Trinajstić information content (AvgIpc) is 3.00. The Morgan fingerprint density at radius 2 is 2.19 bits per heavy atom. The maximum Gasteiger partial charge on any atom is 0.104 e. The highest BCUT2D eigenvalue weighted by Crippen LogP contribution is 2.49. The molecule has 26 heavy (non-hydrogen) atoms. The van der Waals surface area contributed by atoms with Gasteiger partial charge < -0.3 is 16.2 Å². The predicted molar refractivity (Wildman–Crippen MR) is 104 cm³/mol. The number of fused-ring (bicyclic) bond motifs is 2. The van der Waals surface area contributed by atoms with Crippen LogP contribution >= 0.6 is 11.8 Å². The number of aromatic nitrogens is 3. The van der Waals surface area contributed by atoms with Crippen molar-refractivity contribution in [3.8, 4) is 11.3 Å². The second-order valence-corrected chi connectivity index (χ2v) is 7.28. The topological polar surface area (TPSA) is 101 Å². The standard InChI is InChI=1S/C18H22N6OS/c1-11(25)21-7-8-22-13-2-3-14-16-17(23-24(14)9-5-19)12-10-20-6-4-15(12)26-18(13)16/h2-4,6,10-11,21-22,25H,5,7-9,19H2,1H3. The zero-order valence-electron chi connectivity index (χ0n) is 14.6. The van der Waals surface area contributed by atoms with Crippen molar-refractivity contribution in [2.24, 2.45) is 5.73 Å². The van der Waals surface area contributed by atoms with Crippen molar-refractivity contribution in [1.82, 2.24) is 20.1 Å². The third-order valence-corrected chi connectivity index (χ3v) is 5.54. The number of nitrogens with one attached hydrogen (secondary N) is 2. The van der Waals surface area contributed by atoms with Crippen molar-refractivity contribution in [3.63, 3.8) is 0 Å². The summed E-state index contributed by atoms with van der Waals surface area (Å²) in [4.78, 5) is 6.61. The van der Waals surface area contributed by atoms with E-state index in [1.54, 1.807) is 18.7 Å². The van der Waals surface area contributed by atoms with Gasteiger partial charge in [0.25, 0.3) is 0 Å². The normalized spacial score (nSPS) is 13.7. The lowest BCUT2D eigenvalue weighted by Gasteiger charge is -2.19. The Kier molecular flexibility index (Phi) is 4.82. The molecule has 8 heteroatoms. The van der Waals surface area contributed by atoms with Crippen molar-refractivity contribution in [2.45, 2.75) is 29.5 Å². The molecule has 1 atom stereocenters. The Bertz CT molecular complexity index is 939. The van der Waals surface area contributed by atoms with Crippen molar-refractivity contribution in [2.75, 3.05) is 25.0 Å². The van der Waals surface area contributed by atoms with E-state index in [1.165, 1.54) is 4.90 Å². The van der Waals surface area contributed by atoms with Crippen LogP contribution in [0.5, 0.6) is 0 Å². The van der Waals surface area contributed by atoms with Crippen LogP contribution in [0.25, 0.3) is 22.2 Å². The van der Waals surface area contributed by atoms with E-state index in [0.717, 1.165) is 39.3 Å². The van der Waals surface area contributed by atoms with E-state index in [1.807, 2.05) is 23.1 Å². The number of hydrogen-bond donors (Lipinski definition) is 4. The first-order valence-electron chi connectivity index (χ1n) is 8.70. The van der Waals surface area contributed by atoms with E-state index in [2.05, 4.69) is 27.8 Å². The summed E-state index contributed by atoms with van der Waals surface area (Å²) in [6, 6.07) is 6.22. The van der Waals surface area contributed by atoms with Gasteiger partial charge in [0.05, 0.1) is 12.1 Å². The van der Waals surface area contributed by atoms with E-state index >= 15 is 0 Å². The molecule has 0 spiro atoms. The lowest BCUT2D eigenvalue weighted by Crippen LogP contribution is -2.30. The van der Waals surface area contributed by atoms with Crippen molar-refractivity contribution >= 4 is 28.4 Å². The third-order valence-electron chi connectivity index (χ3n) is 4.34. The van der Waals surface area contributed by atoms with Crippen LogP contribution in [-0.4, -0.2) is 45.7 Å². The molecule has 136 valence electrons. The average molecular weight is 370 g/mol. The summed E-state index contributed by atoms with van der Waals surface area (Å²) in [5.41, 5.74) is 9.97. The molecule has 4 rings (SSSR count). The number of rotatable bonds is 7. The smallest absolute Gasteiger partial charge is 0.104 e. The van der Waals surface area contributed by atoms with E-state index < -0.39 is 6.23 Å². The largest absolute Gasteiger partial charge is 0.383 e. The Morgan fingerprint density at radius 1 is 1.31 bits per heavy atom. The number of hydrogen-bond acceptors (Lipinski definition) is 7. The summed E-state index contributed by atoms with van der Waals surface area (Å²) in [5.74, 6) is 0. The van der Waals surface area contributed by atoms with Gasteiger partial charge in [-0.3, -0.25) is 15.0 Å². The molecule has 1 aliphatic heterocycles. The summed E-state index contributed by atoms with van der Waals surface area (Å²) in [5, 5.41) is 21.8. The fourth-order valence-electron chi connectivity index (χ4n) is 3.20. The lowest BCUT2D eigenvalue weighted by molar-refractivity contribution is 0.159. The van der Waals surface area contributed by atoms with Crippen LogP contribution in [0.3, 0.4) is 0 Å². The fraction of sp³-hybridized carbons (Fsp3) is 0.333. The summed E-state index contributed by atoms with van der Waals surface area (Å²) in [6.45, 7) is 4.35. The Morgan fingerprint density at radius 3 is 3.00 bits per heavy atom. The molecule has 1 aliphatic rings. The Labute approximate surface area is 156 Å². The highest BCUT2D eigenvalue weighted by molar-refractivity contribution is 8.00. The van der Waals surface area contributed by atoms with Crippen molar-refractivity contribution < 1.29 is 5.11 Å². The quantitative estimate of drug-likeness (QED) is 0.291. The summed E-state index contributed by atoms with van der Waals surface area (Å²) < 4.78 is 1.98. The zero-order valence-corrected chi connectivity index (χ0v) is 15.4. The monoisotopic (exact) mass is 370 g/mol. The van der Waals surface area contributed by atoms with E-state index in [-0.39, 0.29) is 0 Å². The molecule has 7 nitrogen and oxygen atoms in total. The first-order valence-corrected chi connectivity index (χ1v) is 9.52. The minimum atomic E-state index is -0.507. The minimum Gasteiger partial charge on any atom is -0.383 e. The molecule has 2 aromatic heterocycles. The molecular formula is C18H22N6OS. The van der Waals surface area contributed by atoms with E-state index in [4.69, 9.17) is 10.8 Å². The van der Waals surface area contributed by atoms with Gasteiger partial charge in [0.15, 0.2) is 0 Å². The highest BCUT2D eigenvalue weighted by Gasteiger charge is 2.26. The number of benzene rings is 1. The van der Waals surface area contributed by atoms with Crippen molar-refractivity contribution in [1.29, 1.82) is 0 Å². The van der Waals surface area contributed by atoms with Crippen molar-refractivity contribution in [3.05, 3.63) is 30.6 Å². The molecular weight excluding hydrogens is 348 g/mol. The van der Waals surface area contributed by atoms with Gasteiger partial charge in [0.1, 0.15) is 11.9 Å². The maximum atomic E-state index is 9.33. The van der Waals surface area contributed by atoms with Crippen LogP contribution in [0.4, 0.5) is 5.69 Å². The van der Waals surface area contributed by atoms with Crippen LogP contribution in [0.15, 0.2) is 40.4 Å². The number of aliphatic hydroxyl groups is 1. The van der Waals surface area contributed by atoms with Crippen LogP contribution in [0, 0.1) is 0 Å². The number of nitrogens with zero attached hydrogens (tertiary/aromatic N) is 3. The summed E-state index contributed by atoms with van der Waals surface area (Å²) in [7, 11) is 0. The van der Waals surface area contributed by atoms with Gasteiger partial charge in [-0.1, -0.05) is 11.8 Å². The van der Waals surface area contributed by atoms with Crippen LogP contribution in [-0.2, 0) is 6.54 Å². The molecule has 1 aromatic carbocycles. The molecule has 3 aromatic rings.